The Labute approximate surface area is 75.3 Å². The van der Waals surface area contributed by atoms with Gasteiger partial charge in [0.1, 0.15) is 0 Å². The van der Waals surface area contributed by atoms with Gasteiger partial charge in [0.2, 0.25) is 0 Å². The van der Waals surface area contributed by atoms with Crippen molar-refractivity contribution in [3.63, 3.8) is 0 Å². The lowest BCUT2D eigenvalue weighted by Gasteiger charge is -2.13. The minimum absolute atomic E-state index is 0.764. The van der Waals surface area contributed by atoms with Crippen LogP contribution in [0.15, 0.2) is 0 Å². The highest BCUT2D eigenvalue weighted by atomic mass is 15.2. The van der Waals surface area contributed by atoms with Gasteiger partial charge in [0, 0.05) is 24.7 Å². The van der Waals surface area contributed by atoms with Crippen LogP contribution in [-0.2, 0) is 0 Å². The van der Waals surface area contributed by atoms with Crippen molar-refractivity contribution in [2.45, 2.75) is 44.8 Å². The van der Waals surface area contributed by atoms with Gasteiger partial charge in [0.25, 0.3) is 0 Å². The summed E-state index contributed by atoms with van der Waals surface area (Å²) < 4.78 is 0. The van der Waals surface area contributed by atoms with Gasteiger partial charge in [-0.05, 0) is 32.7 Å². The molecule has 1 heterocycles. The highest BCUT2D eigenvalue weighted by Crippen LogP contribution is 2.30. The Bertz CT molecular complexity index is 159. The molecule has 2 heteroatoms. The van der Waals surface area contributed by atoms with Crippen LogP contribution >= 0.6 is 0 Å². The first-order valence-electron chi connectivity index (χ1n) is 5.13. The fourth-order valence-corrected chi connectivity index (χ4v) is 2.17. The van der Waals surface area contributed by atoms with Crippen LogP contribution in [0.5, 0.6) is 0 Å². The average Bonchev–Trinajstić information content (AvgIpc) is 2.56. The van der Waals surface area contributed by atoms with Gasteiger partial charge in [-0.2, -0.15) is 0 Å². The molecule has 70 valence electrons. The lowest BCUT2D eigenvalue weighted by Crippen LogP contribution is -2.33. The number of rotatable bonds is 2. The highest BCUT2D eigenvalue weighted by Gasteiger charge is 2.36. The first-order valence-corrected chi connectivity index (χ1v) is 5.13. The molecule has 4 unspecified atom stereocenters. The zero-order valence-corrected chi connectivity index (χ0v) is 8.38. The Morgan fingerprint density at radius 2 is 1.92 bits per heavy atom. The van der Waals surface area contributed by atoms with E-state index in [2.05, 4.69) is 31.1 Å². The smallest absolute Gasteiger partial charge is 0.0212 e. The minimum Gasteiger partial charge on any atom is -0.310 e. The zero-order valence-electron chi connectivity index (χ0n) is 8.38. The number of hydrogen-bond donors (Lipinski definition) is 1. The van der Waals surface area contributed by atoms with Crippen molar-refractivity contribution in [1.29, 1.82) is 0 Å². The van der Waals surface area contributed by atoms with Crippen molar-refractivity contribution in [1.82, 2.24) is 10.2 Å². The lowest BCUT2D eigenvalue weighted by atomic mass is 10.2. The van der Waals surface area contributed by atoms with Crippen LogP contribution in [0, 0.1) is 5.92 Å². The van der Waals surface area contributed by atoms with E-state index in [4.69, 9.17) is 0 Å². The number of hydrogen-bond acceptors (Lipinski definition) is 2. The topological polar surface area (TPSA) is 15.3 Å². The van der Waals surface area contributed by atoms with Crippen LogP contribution < -0.4 is 5.32 Å². The van der Waals surface area contributed by atoms with Crippen molar-refractivity contribution < 1.29 is 0 Å². The lowest BCUT2D eigenvalue weighted by molar-refractivity contribution is 0.326. The van der Waals surface area contributed by atoms with Gasteiger partial charge in [-0.3, -0.25) is 0 Å². The summed E-state index contributed by atoms with van der Waals surface area (Å²) in [5.74, 6) is 0.936. The maximum Gasteiger partial charge on any atom is 0.0212 e. The van der Waals surface area contributed by atoms with E-state index in [1.807, 2.05) is 0 Å². The van der Waals surface area contributed by atoms with E-state index in [1.165, 1.54) is 19.4 Å². The van der Waals surface area contributed by atoms with Crippen LogP contribution in [0.2, 0.25) is 0 Å². The molecule has 0 aromatic rings. The van der Waals surface area contributed by atoms with Gasteiger partial charge < -0.3 is 10.2 Å². The predicted molar refractivity (Wildman–Crippen MR) is 51.2 cm³/mol. The van der Waals surface area contributed by atoms with Crippen molar-refractivity contribution in [2.24, 2.45) is 5.92 Å². The Hall–Kier alpha value is -0.0800. The number of nitrogens with zero attached hydrogens (tertiary/aromatic N) is 1. The van der Waals surface area contributed by atoms with E-state index in [1.54, 1.807) is 0 Å². The maximum atomic E-state index is 3.72. The summed E-state index contributed by atoms with van der Waals surface area (Å²) in [7, 11) is 2.22. The predicted octanol–water partition coefficient (Wildman–Crippen LogP) is 1.08. The summed E-state index contributed by atoms with van der Waals surface area (Å²) in [6.07, 6.45) is 2.73. The molecule has 2 rings (SSSR count). The Morgan fingerprint density at radius 1 is 1.25 bits per heavy atom. The molecular formula is C10H20N2. The molecule has 1 aliphatic carbocycles. The number of likely N-dealkylation sites (tertiary alicyclic amines) is 1. The van der Waals surface area contributed by atoms with Crippen LogP contribution in [0.1, 0.15) is 26.7 Å². The summed E-state index contributed by atoms with van der Waals surface area (Å²) >= 11 is 0. The molecule has 2 nitrogen and oxygen atoms in total. The van der Waals surface area contributed by atoms with Gasteiger partial charge in [-0.25, -0.2) is 0 Å². The molecule has 12 heavy (non-hydrogen) atoms. The highest BCUT2D eigenvalue weighted by molar-refractivity contribution is 4.95. The van der Waals surface area contributed by atoms with E-state index in [9.17, 15) is 0 Å². The zero-order chi connectivity index (χ0) is 8.72. The Kier molecular flexibility index (Phi) is 2.13. The van der Waals surface area contributed by atoms with Gasteiger partial charge in [0.15, 0.2) is 0 Å². The standard InChI is InChI=1S/C10H20N2/c1-7-4-10(7)11-9-5-8(2)12(3)6-9/h7-11H,4-6H2,1-3H3. The second-order valence-electron chi connectivity index (χ2n) is 4.71. The second kappa shape index (κ2) is 3.00. The largest absolute Gasteiger partial charge is 0.310 e. The molecule has 0 bridgehead atoms. The minimum atomic E-state index is 0.764. The van der Waals surface area contributed by atoms with E-state index in [0.717, 1.165) is 24.0 Å². The molecule has 1 saturated carbocycles. The van der Waals surface area contributed by atoms with E-state index in [0.29, 0.717) is 0 Å². The summed E-state index contributed by atoms with van der Waals surface area (Å²) in [6, 6.07) is 2.38. The molecule has 1 N–H and O–H groups in total. The molecule has 0 amide bonds. The Morgan fingerprint density at radius 3 is 2.33 bits per heavy atom. The van der Waals surface area contributed by atoms with Crippen LogP contribution in [-0.4, -0.2) is 36.6 Å². The molecule has 0 aromatic heterocycles. The first kappa shape index (κ1) is 8.52. The van der Waals surface area contributed by atoms with Crippen LogP contribution in [0.3, 0.4) is 0 Å². The molecule has 0 spiro atoms. The Balaban J connectivity index is 1.76. The molecule has 0 aromatic carbocycles. The monoisotopic (exact) mass is 168 g/mol. The van der Waals surface area contributed by atoms with Crippen molar-refractivity contribution in [2.75, 3.05) is 13.6 Å². The van der Waals surface area contributed by atoms with Gasteiger partial charge >= 0.3 is 0 Å². The quantitative estimate of drug-likeness (QED) is 0.663. The molecule has 4 atom stereocenters. The number of nitrogens with one attached hydrogen (secondary N) is 1. The summed E-state index contributed by atoms with van der Waals surface area (Å²) in [4.78, 5) is 2.45. The molecule has 0 radical (unpaired) electrons. The first-order chi connectivity index (χ1) is 5.66. The fourth-order valence-electron chi connectivity index (χ4n) is 2.17. The molecule has 1 aliphatic heterocycles. The van der Waals surface area contributed by atoms with Gasteiger partial charge in [-0.1, -0.05) is 6.92 Å². The second-order valence-corrected chi connectivity index (χ2v) is 4.71. The summed E-state index contributed by atoms with van der Waals surface area (Å²) in [5, 5.41) is 3.72. The molecular weight excluding hydrogens is 148 g/mol. The third-order valence-electron chi connectivity index (χ3n) is 3.45. The fraction of sp³-hybridized carbons (Fsp3) is 1.00. The molecule has 2 aliphatic rings. The normalized spacial score (nSPS) is 48.2. The van der Waals surface area contributed by atoms with Crippen LogP contribution in [0.25, 0.3) is 0 Å². The van der Waals surface area contributed by atoms with Gasteiger partial charge in [0.05, 0.1) is 0 Å². The molecule has 2 fully saturated rings. The third kappa shape index (κ3) is 1.64. The third-order valence-corrected chi connectivity index (χ3v) is 3.45. The van der Waals surface area contributed by atoms with E-state index >= 15 is 0 Å². The summed E-state index contributed by atoms with van der Waals surface area (Å²) in [5.41, 5.74) is 0. The van der Waals surface area contributed by atoms with E-state index < -0.39 is 0 Å². The van der Waals surface area contributed by atoms with E-state index in [-0.39, 0.29) is 0 Å². The van der Waals surface area contributed by atoms with Gasteiger partial charge in [-0.15, -0.1) is 0 Å². The molecule has 1 saturated heterocycles. The average molecular weight is 168 g/mol. The SMILES string of the molecule is CC1CC1NC1CC(C)N(C)C1. The number of likely N-dealkylation sites (N-methyl/N-ethyl adjacent to an activating group) is 1. The summed E-state index contributed by atoms with van der Waals surface area (Å²) in [6.45, 7) is 5.89. The van der Waals surface area contributed by atoms with Crippen molar-refractivity contribution in [3.8, 4) is 0 Å². The van der Waals surface area contributed by atoms with Crippen molar-refractivity contribution in [3.05, 3.63) is 0 Å². The van der Waals surface area contributed by atoms with Crippen LogP contribution in [0.4, 0.5) is 0 Å². The maximum absolute atomic E-state index is 3.72. The van der Waals surface area contributed by atoms with Crippen molar-refractivity contribution >= 4 is 0 Å².